The first-order chi connectivity index (χ1) is 10.3. The van der Waals surface area contributed by atoms with E-state index in [1.165, 1.54) is 6.20 Å². The number of rotatable bonds is 3. The molecular formula is C16H14N4O. The van der Waals surface area contributed by atoms with Gasteiger partial charge >= 0.3 is 0 Å². The summed E-state index contributed by atoms with van der Waals surface area (Å²) in [7, 11) is 0. The zero-order valence-corrected chi connectivity index (χ0v) is 11.3. The number of carbonyl (C=O) groups excluding carboxylic acids is 1. The number of nitriles is 1. The van der Waals surface area contributed by atoms with E-state index >= 15 is 0 Å². The molecule has 1 aromatic carbocycles. The minimum absolute atomic E-state index is 0.0355. The van der Waals surface area contributed by atoms with Gasteiger partial charge in [0.15, 0.2) is 0 Å². The topological polar surface area (TPSA) is 77.8 Å². The van der Waals surface area contributed by atoms with Crippen LogP contribution in [0.25, 0.3) is 0 Å². The number of benzene rings is 1. The van der Waals surface area contributed by atoms with Crippen molar-refractivity contribution in [2.45, 2.75) is 12.3 Å². The second-order valence-corrected chi connectivity index (χ2v) is 4.96. The SMILES string of the molecule is N#Cc1ccc(NCC2CC(=O)Nc3ccccc32)nc1. The molecule has 104 valence electrons. The number of hydrogen-bond donors (Lipinski definition) is 2. The molecule has 0 saturated heterocycles. The molecule has 1 aliphatic rings. The third-order valence-corrected chi connectivity index (χ3v) is 3.53. The molecule has 3 rings (SSSR count). The summed E-state index contributed by atoms with van der Waals surface area (Å²) in [6.07, 6.45) is 1.99. The molecule has 1 amide bonds. The van der Waals surface area contributed by atoms with Gasteiger partial charge in [-0.2, -0.15) is 5.26 Å². The number of aromatic nitrogens is 1. The molecule has 0 saturated carbocycles. The lowest BCUT2D eigenvalue weighted by Gasteiger charge is -2.25. The first-order valence-electron chi connectivity index (χ1n) is 6.75. The van der Waals surface area contributed by atoms with Crippen LogP contribution in [0, 0.1) is 11.3 Å². The van der Waals surface area contributed by atoms with Crippen molar-refractivity contribution in [3.8, 4) is 6.07 Å². The molecule has 2 heterocycles. The zero-order valence-electron chi connectivity index (χ0n) is 11.3. The van der Waals surface area contributed by atoms with E-state index in [0.717, 1.165) is 11.3 Å². The lowest BCUT2D eigenvalue weighted by atomic mass is 9.90. The molecule has 0 radical (unpaired) electrons. The number of nitrogens with zero attached hydrogens (tertiary/aromatic N) is 2. The fourth-order valence-corrected chi connectivity index (χ4v) is 2.48. The molecule has 0 spiro atoms. The third kappa shape index (κ3) is 2.84. The number of anilines is 2. The highest BCUT2D eigenvalue weighted by atomic mass is 16.1. The fraction of sp³-hybridized carbons (Fsp3) is 0.188. The second-order valence-electron chi connectivity index (χ2n) is 4.96. The van der Waals surface area contributed by atoms with E-state index < -0.39 is 0 Å². The summed E-state index contributed by atoms with van der Waals surface area (Å²) in [4.78, 5) is 15.9. The van der Waals surface area contributed by atoms with Crippen molar-refractivity contribution < 1.29 is 4.79 Å². The van der Waals surface area contributed by atoms with Gasteiger partial charge in [-0.3, -0.25) is 4.79 Å². The Balaban J connectivity index is 1.73. The Hall–Kier alpha value is -2.87. The minimum Gasteiger partial charge on any atom is -0.369 e. The fourth-order valence-electron chi connectivity index (χ4n) is 2.48. The van der Waals surface area contributed by atoms with Crippen LogP contribution in [0.5, 0.6) is 0 Å². The average molecular weight is 278 g/mol. The van der Waals surface area contributed by atoms with E-state index in [1.54, 1.807) is 12.1 Å². The van der Waals surface area contributed by atoms with E-state index in [2.05, 4.69) is 15.6 Å². The van der Waals surface area contributed by atoms with Crippen molar-refractivity contribution in [3.05, 3.63) is 53.7 Å². The van der Waals surface area contributed by atoms with Crippen molar-refractivity contribution in [1.29, 1.82) is 5.26 Å². The summed E-state index contributed by atoms with van der Waals surface area (Å²) < 4.78 is 0. The molecule has 2 aromatic rings. The Morgan fingerprint density at radius 2 is 2.19 bits per heavy atom. The van der Waals surface area contributed by atoms with Gasteiger partial charge in [-0.25, -0.2) is 4.98 Å². The Labute approximate surface area is 122 Å². The molecule has 0 bridgehead atoms. The molecule has 2 N–H and O–H groups in total. The third-order valence-electron chi connectivity index (χ3n) is 3.53. The van der Waals surface area contributed by atoms with E-state index in [4.69, 9.17) is 5.26 Å². The maximum Gasteiger partial charge on any atom is 0.225 e. The average Bonchev–Trinajstić information content (AvgIpc) is 2.53. The molecule has 0 aliphatic carbocycles. The summed E-state index contributed by atoms with van der Waals surface area (Å²) in [6.45, 7) is 0.628. The number of carbonyl (C=O) groups is 1. The predicted octanol–water partition coefficient (Wildman–Crippen LogP) is 2.49. The van der Waals surface area contributed by atoms with E-state index in [0.29, 0.717) is 24.3 Å². The maximum atomic E-state index is 11.7. The molecular weight excluding hydrogens is 264 g/mol. The lowest BCUT2D eigenvalue weighted by molar-refractivity contribution is -0.116. The van der Waals surface area contributed by atoms with Gasteiger partial charge in [0.05, 0.1) is 5.56 Å². The summed E-state index contributed by atoms with van der Waals surface area (Å²) in [5.74, 6) is 0.859. The van der Waals surface area contributed by atoms with Crippen LogP contribution in [0.4, 0.5) is 11.5 Å². The highest BCUT2D eigenvalue weighted by Crippen LogP contribution is 2.31. The Kier molecular flexibility index (Phi) is 3.52. The number of hydrogen-bond acceptors (Lipinski definition) is 4. The van der Waals surface area contributed by atoms with Crippen LogP contribution < -0.4 is 10.6 Å². The molecule has 5 heteroatoms. The Morgan fingerprint density at radius 1 is 1.33 bits per heavy atom. The highest BCUT2D eigenvalue weighted by molar-refractivity contribution is 5.94. The predicted molar refractivity (Wildman–Crippen MR) is 79.9 cm³/mol. The van der Waals surface area contributed by atoms with Crippen LogP contribution in [0.2, 0.25) is 0 Å². The second kappa shape index (κ2) is 5.63. The van der Waals surface area contributed by atoms with Gasteiger partial charge in [0.1, 0.15) is 11.9 Å². The van der Waals surface area contributed by atoms with Crippen molar-refractivity contribution in [1.82, 2.24) is 4.98 Å². The molecule has 1 aliphatic heterocycles. The quantitative estimate of drug-likeness (QED) is 0.904. The van der Waals surface area contributed by atoms with Gasteiger partial charge in [-0.05, 0) is 23.8 Å². The van der Waals surface area contributed by atoms with Gasteiger partial charge in [0, 0.05) is 30.8 Å². The lowest BCUT2D eigenvalue weighted by Crippen LogP contribution is -2.26. The smallest absolute Gasteiger partial charge is 0.225 e. The first-order valence-corrected chi connectivity index (χ1v) is 6.75. The minimum atomic E-state index is 0.0355. The first kappa shape index (κ1) is 13.1. The van der Waals surface area contributed by atoms with Gasteiger partial charge in [-0.15, -0.1) is 0 Å². The Morgan fingerprint density at radius 3 is 2.95 bits per heavy atom. The van der Waals surface area contributed by atoms with E-state index in [1.807, 2.05) is 30.3 Å². The van der Waals surface area contributed by atoms with Crippen LogP contribution in [0.1, 0.15) is 23.5 Å². The monoisotopic (exact) mass is 278 g/mol. The van der Waals surface area contributed by atoms with E-state index in [9.17, 15) is 4.79 Å². The van der Waals surface area contributed by atoms with Gasteiger partial charge in [0.2, 0.25) is 5.91 Å². The zero-order chi connectivity index (χ0) is 14.7. The van der Waals surface area contributed by atoms with Crippen LogP contribution in [0.3, 0.4) is 0 Å². The number of nitrogens with one attached hydrogen (secondary N) is 2. The highest BCUT2D eigenvalue weighted by Gasteiger charge is 2.24. The number of pyridine rings is 1. The number of amides is 1. The maximum absolute atomic E-state index is 11.7. The summed E-state index contributed by atoms with van der Waals surface area (Å²) in [5.41, 5.74) is 2.55. The van der Waals surface area contributed by atoms with Crippen LogP contribution in [-0.4, -0.2) is 17.4 Å². The number of fused-ring (bicyclic) bond motifs is 1. The number of para-hydroxylation sites is 1. The molecule has 1 aromatic heterocycles. The molecule has 21 heavy (non-hydrogen) atoms. The van der Waals surface area contributed by atoms with Crippen LogP contribution >= 0.6 is 0 Å². The molecule has 1 unspecified atom stereocenters. The van der Waals surface area contributed by atoms with Crippen molar-refractivity contribution in [2.24, 2.45) is 0 Å². The van der Waals surface area contributed by atoms with Crippen molar-refractivity contribution >= 4 is 17.4 Å². The van der Waals surface area contributed by atoms with Crippen molar-refractivity contribution in [3.63, 3.8) is 0 Å². The summed E-state index contributed by atoms with van der Waals surface area (Å²) in [5, 5.41) is 14.9. The summed E-state index contributed by atoms with van der Waals surface area (Å²) >= 11 is 0. The van der Waals surface area contributed by atoms with E-state index in [-0.39, 0.29) is 11.8 Å². The summed E-state index contributed by atoms with van der Waals surface area (Å²) in [6, 6.07) is 13.4. The largest absolute Gasteiger partial charge is 0.369 e. The standard InChI is InChI=1S/C16H14N4O/c17-8-11-5-6-15(18-9-11)19-10-12-7-16(21)20-14-4-2-1-3-13(12)14/h1-6,9,12H,7,10H2,(H,18,19)(H,20,21). The Bertz CT molecular complexity index is 703. The van der Waals surface area contributed by atoms with Crippen LogP contribution in [-0.2, 0) is 4.79 Å². The van der Waals surface area contributed by atoms with Gasteiger partial charge < -0.3 is 10.6 Å². The molecule has 0 fully saturated rings. The molecule has 5 nitrogen and oxygen atoms in total. The van der Waals surface area contributed by atoms with Gasteiger partial charge in [0.25, 0.3) is 0 Å². The molecule has 1 atom stereocenters. The van der Waals surface area contributed by atoms with Gasteiger partial charge in [-0.1, -0.05) is 18.2 Å². The van der Waals surface area contributed by atoms with Crippen molar-refractivity contribution in [2.75, 3.05) is 17.2 Å². The normalized spacial score (nSPS) is 16.5. The van der Waals surface area contributed by atoms with Crippen LogP contribution in [0.15, 0.2) is 42.6 Å².